The predicted molar refractivity (Wildman–Crippen MR) is 116 cm³/mol. The molecule has 5 nitrogen and oxygen atoms in total. The lowest BCUT2D eigenvalue weighted by Gasteiger charge is -2.61. The van der Waals surface area contributed by atoms with Gasteiger partial charge in [-0.3, -0.25) is 9.69 Å². The maximum absolute atomic E-state index is 13.1. The molecule has 1 unspecified atom stereocenters. The largest absolute Gasteiger partial charge is 0.454 e. The number of amides is 1. The molecule has 1 spiro atoms. The van der Waals surface area contributed by atoms with Crippen molar-refractivity contribution in [2.75, 3.05) is 33.0 Å². The first kappa shape index (κ1) is 19.4. The van der Waals surface area contributed by atoms with Gasteiger partial charge in [0.2, 0.25) is 6.79 Å². The molecule has 5 rings (SSSR count). The van der Waals surface area contributed by atoms with Crippen LogP contribution in [0.3, 0.4) is 0 Å². The minimum Gasteiger partial charge on any atom is -0.454 e. The summed E-state index contributed by atoms with van der Waals surface area (Å²) in [6, 6.07) is 16.9. The Hall–Kier alpha value is -2.53. The fraction of sp³-hybridized carbons (Fsp3) is 0.480. The molecule has 2 saturated heterocycles. The topological polar surface area (TPSA) is 42.0 Å². The highest BCUT2D eigenvalue weighted by atomic mass is 16.7. The van der Waals surface area contributed by atoms with Crippen LogP contribution >= 0.6 is 0 Å². The van der Waals surface area contributed by atoms with E-state index in [1.807, 2.05) is 23.1 Å². The molecule has 2 fully saturated rings. The smallest absolute Gasteiger partial charge is 0.253 e. The normalized spacial score (nSPS) is 22.4. The van der Waals surface area contributed by atoms with Gasteiger partial charge in [-0.15, -0.1) is 0 Å². The summed E-state index contributed by atoms with van der Waals surface area (Å²) in [5.41, 5.74) is 2.38. The van der Waals surface area contributed by atoms with E-state index < -0.39 is 0 Å². The van der Waals surface area contributed by atoms with E-state index >= 15 is 0 Å². The second-order valence-corrected chi connectivity index (χ2v) is 9.36. The summed E-state index contributed by atoms with van der Waals surface area (Å²) in [6.45, 7) is 8.70. The van der Waals surface area contributed by atoms with Gasteiger partial charge in [0.1, 0.15) is 0 Å². The van der Waals surface area contributed by atoms with Crippen molar-refractivity contribution in [1.29, 1.82) is 0 Å². The standard InChI is InChI=1S/C25H30N2O3/c1-18(2)15-27-16-25(23(27)19-6-4-3-5-7-19)10-12-26(13-11-25)24(28)20-8-9-21-22(14-20)30-17-29-21/h3-9,14,18,23H,10-13,15-17H2,1-2H3. The highest BCUT2D eigenvalue weighted by molar-refractivity contribution is 5.95. The van der Waals surface area contributed by atoms with E-state index in [1.54, 1.807) is 0 Å². The summed E-state index contributed by atoms with van der Waals surface area (Å²) >= 11 is 0. The second-order valence-electron chi connectivity index (χ2n) is 9.36. The molecule has 2 aromatic rings. The van der Waals surface area contributed by atoms with Gasteiger partial charge in [-0.25, -0.2) is 0 Å². The van der Waals surface area contributed by atoms with Crippen molar-refractivity contribution in [2.24, 2.45) is 11.3 Å². The molecule has 1 atom stereocenters. The van der Waals surface area contributed by atoms with Gasteiger partial charge in [-0.1, -0.05) is 44.2 Å². The maximum Gasteiger partial charge on any atom is 0.253 e. The predicted octanol–water partition coefficient (Wildman–Crippen LogP) is 4.35. The molecular weight excluding hydrogens is 376 g/mol. The van der Waals surface area contributed by atoms with Gasteiger partial charge in [-0.05, 0) is 42.5 Å². The Morgan fingerprint density at radius 1 is 1.07 bits per heavy atom. The van der Waals surface area contributed by atoms with Gasteiger partial charge in [0.25, 0.3) is 5.91 Å². The Morgan fingerprint density at radius 3 is 2.53 bits per heavy atom. The van der Waals surface area contributed by atoms with Crippen LogP contribution in [0.15, 0.2) is 48.5 Å². The highest BCUT2D eigenvalue weighted by Gasteiger charge is 2.54. The zero-order valence-electron chi connectivity index (χ0n) is 17.8. The molecule has 0 aromatic heterocycles. The van der Waals surface area contributed by atoms with Crippen molar-refractivity contribution < 1.29 is 14.3 Å². The molecule has 3 aliphatic heterocycles. The first-order valence-corrected chi connectivity index (χ1v) is 11.0. The molecule has 0 radical (unpaired) electrons. The van der Waals surface area contributed by atoms with Crippen LogP contribution in [0, 0.1) is 11.3 Å². The summed E-state index contributed by atoms with van der Waals surface area (Å²) in [5, 5.41) is 0. The average Bonchev–Trinajstić information content (AvgIpc) is 3.21. The molecule has 0 N–H and O–H groups in total. The van der Waals surface area contributed by atoms with Crippen LogP contribution in [0.25, 0.3) is 0 Å². The van der Waals surface area contributed by atoms with E-state index in [4.69, 9.17) is 9.47 Å². The molecule has 2 aromatic carbocycles. The molecule has 3 heterocycles. The first-order valence-electron chi connectivity index (χ1n) is 11.0. The summed E-state index contributed by atoms with van der Waals surface area (Å²) in [4.78, 5) is 17.7. The van der Waals surface area contributed by atoms with E-state index in [0.29, 0.717) is 23.3 Å². The van der Waals surface area contributed by atoms with Gasteiger partial charge >= 0.3 is 0 Å². The first-order chi connectivity index (χ1) is 14.6. The van der Waals surface area contributed by atoms with Crippen molar-refractivity contribution in [3.8, 4) is 11.5 Å². The molecule has 30 heavy (non-hydrogen) atoms. The lowest BCUT2D eigenvalue weighted by molar-refractivity contribution is -0.112. The number of hydrogen-bond acceptors (Lipinski definition) is 4. The third-order valence-electron chi connectivity index (χ3n) is 6.84. The Morgan fingerprint density at radius 2 is 1.80 bits per heavy atom. The quantitative estimate of drug-likeness (QED) is 0.757. The number of carbonyl (C=O) groups excluding carboxylic acids is 1. The molecule has 0 bridgehead atoms. The molecule has 3 aliphatic rings. The van der Waals surface area contributed by atoms with Gasteiger partial charge in [0.05, 0.1) is 0 Å². The number of nitrogens with zero attached hydrogens (tertiary/aromatic N) is 2. The number of ether oxygens (including phenoxy) is 2. The van der Waals surface area contributed by atoms with E-state index in [1.165, 1.54) is 5.56 Å². The lowest BCUT2D eigenvalue weighted by Crippen LogP contribution is -2.63. The molecule has 1 amide bonds. The molecule has 0 aliphatic carbocycles. The van der Waals surface area contributed by atoms with Crippen molar-refractivity contribution in [3.05, 3.63) is 59.7 Å². The summed E-state index contributed by atoms with van der Waals surface area (Å²) in [7, 11) is 0. The van der Waals surface area contributed by atoms with Crippen LogP contribution in [0.5, 0.6) is 11.5 Å². The summed E-state index contributed by atoms with van der Waals surface area (Å²) in [5.74, 6) is 2.13. The molecule has 158 valence electrons. The van der Waals surface area contributed by atoms with Crippen molar-refractivity contribution in [1.82, 2.24) is 9.80 Å². The highest BCUT2D eigenvalue weighted by Crippen LogP contribution is 2.55. The average molecular weight is 407 g/mol. The SMILES string of the molecule is CC(C)CN1CC2(CCN(C(=O)c3ccc4c(c3)OCO4)CC2)C1c1ccccc1. The Labute approximate surface area is 178 Å². The van der Waals surface area contributed by atoms with E-state index in [0.717, 1.165) is 44.8 Å². The van der Waals surface area contributed by atoms with Crippen LogP contribution in [-0.4, -0.2) is 48.7 Å². The van der Waals surface area contributed by atoms with E-state index in [9.17, 15) is 4.79 Å². The lowest BCUT2D eigenvalue weighted by atomic mass is 9.63. The fourth-order valence-electron chi connectivity index (χ4n) is 5.49. The zero-order chi connectivity index (χ0) is 20.7. The van der Waals surface area contributed by atoms with Gasteiger partial charge in [0.15, 0.2) is 11.5 Å². The van der Waals surface area contributed by atoms with Crippen LogP contribution in [0.1, 0.15) is 48.7 Å². The van der Waals surface area contributed by atoms with Gasteiger partial charge in [0, 0.05) is 43.2 Å². The Kier molecular flexibility index (Phi) is 4.94. The number of benzene rings is 2. The molecular formula is C25H30N2O3. The van der Waals surface area contributed by atoms with E-state index in [2.05, 4.69) is 49.1 Å². The van der Waals surface area contributed by atoms with Crippen LogP contribution in [-0.2, 0) is 0 Å². The Bertz CT molecular complexity index is 919. The zero-order valence-corrected chi connectivity index (χ0v) is 17.8. The van der Waals surface area contributed by atoms with Crippen LogP contribution in [0.2, 0.25) is 0 Å². The number of fused-ring (bicyclic) bond motifs is 1. The van der Waals surface area contributed by atoms with Crippen LogP contribution < -0.4 is 9.47 Å². The summed E-state index contributed by atoms with van der Waals surface area (Å²) < 4.78 is 10.8. The van der Waals surface area contributed by atoms with Crippen LogP contribution in [0.4, 0.5) is 0 Å². The fourth-order valence-corrected chi connectivity index (χ4v) is 5.49. The monoisotopic (exact) mass is 406 g/mol. The Balaban J connectivity index is 1.30. The third-order valence-corrected chi connectivity index (χ3v) is 6.84. The molecule has 0 saturated carbocycles. The second kappa shape index (κ2) is 7.62. The minimum absolute atomic E-state index is 0.0952. The number of likely N-dealkylation sites (tertiary alicyclic amines) is 2. The van der Waals surface area contributed by atoms with Gasteiger partial charge < -0.3 is 14.4 Å². The molecule has 5 heteroatoms. The van der Waals surface area contributed by atoms with Gasteiger partial charge in [-0.2, -0.15) is 0 Å². The van der Waals surface area contributed by atoms with Crippen molar-refractivity contribution in [2.45, 2.75) is 32.7 Å². The number of hydrogen-bond donors (Lipinski definition) is 0. The number of piperidine rings is 1. The summed E-state index contributed by atoms with van der Waals surface area (Å²) in [6.07, 6.45) is 2.11. The number of rotatable bonds is 4. The van der Waals surface area contributed by atoms with E-state index in [-0.39, 0.29) is 18.1 Å². The maximum atomic E-state index is 13.1. The van der Waals surface area contributed by atoms with Crippen molar-refractivity contribution >= 4 is 5.91 Å². The number of carbonyl (C=O) groups is 1. The van der Waals surface area contributed by atoms with Crippen molar-refractivity contribution in [3.63, 3.8) is 0 Å². The minimum atomic E-state index is 0.0952. The third kappa shape index (κ3) is 3.35.